The van der Waals surface area contributed by atoms with Crippen molar-refractivity contribution < 1.29 is 23.9 Å². The van der Waals surface area contributed by atoms with Gasteiger partial charge < -0.3 is 14.5 Å². The van der Waals surface area contributed by atoms with Crippen LogP contribution >= 0.6 is 7.60 Å². The van der Waals surface area contributed by atoms with E-state index in [2.05, 4.69) is 6.58 Å². The van der Waals surface area contributed by atoms with Gasteiger partial charge in [-0.15, -0.1) is 0 Å². The molecule has 0 atom stereocenters. The number of carbonyl (C=O) groups is 1. The van der Waals surface area contributed by atoms with E-state index in [0.717, 1.165) is 0 Å². The quantitative estimate of drug-likeness (QED) is 0.419. The average Bonchev–Trinajstić information content (AvgIpc) is 2.16. The first kappa shape index (κ1) is 16.4. The predicted octanol–water partition coefficient (Wildman–Crippen LogP) is 2.58. The molecule has 17 heavy (non-hydrogen) atoms. The van der Waals surface area contributed by atoms with Crippen molar-refractivity contribution in [2.75, 3.05) is 0 Å². The maximum atomic E-state index is 11.6. The third-order valence-electron chi connectivity index (χ3n) is 2.44. The van der Waals surface area contributed by atoms with Crippen LogP contribution in [0.3, 0.4) is 0 Å². The van der Waals surface area contributed by atoms with Crippen molar-refractivity contribution in [2.24, 2.45) is 0 Å². The molecule has 5 nitrogen and oxygen atoms in total. The van der Waals surface area contributed by atoms with E-state index in [-0.39, 0.29) is 18.4 Å². The fourth-order valence-electron chi connectivity index (χ4n) is 1.62. The van der Waals surface area contributed by atoms with Crippen LogP contribution in [-0.4, -0.2) is 21.1 Å². The Morgan fingerprint density at radius 3 is 1.94 bits per heavy atom. The van der Waals surface area contributed by atoms with Gasteiger partial charge in [-0.3, -0.25) is 4.57 Å². The highest BCUT2D eigenvalue weighted by atomic mass is 31.2. The van der Waals surface area contributed by atoms with Gasteiger partial charge in [0.05, 0.1) is 0 Å². The number of hydrogen-bond acceptors (Lipinski definition) is 3. The second-order valence-corrected chi connectivity index (χ2v) is 6.06. The maximum absolute atomic E-state index is 11.6. The highest BCUT2D eigenvalue weighted by molar-refractivity contribution is 7.53. The van der Waals surface area contributed by atoms with Gasteiger partial charge >= 0.3 is 13.6 Å². The molecular weight excluding hydrogens is 243 g/mol. The Hall–Kier alpha value is -0.640. The Balaban J connectivity index is 5.25. The molecule has 0 rings (SSSR count). The summed E-state index contributed by atoms with van der Waals surface area (Å²) < 4.78 is 16.6. The van der Waals surface area contributed by atoms with Crippen LogP contribution in [-0.2, 0) is 14.1 Å². The molecule has 0 unspecified atom stereocenters. The molecule has 0 amide bonds. The van der Waals surface area contributed by atoms with E-state index >= 15 is 0 Å². The summed E-state index contributed by atoms with van der Waals surface area (Å²) in [6.07, 6.45) is 1.33. The molecule has 2 N–H and O–H groups in total. The van der Waals surface area contributed by atoms with Gasteiger partial charge in [0, 0.05) is 5.57 Å². The minimum absolute atomic E-state index is 0.134. The Kier molecular flexibility index (Phi) is 6.10. The predicted molar refractivity (Wildman–Crippen MR) is 65.5 cm³/mol. The summed E-state index contributed by atoms with van der Waals surface area (Å²) in [5.41, 5.74) is 0.134. The molecule has 0 aromatic carbocycles. The number of carbonyl (C=O) groups excluding carboxylic acids is 1. The Morgan fingerprint density at radius 2 is 1.71 bits per heavy atom. The lowest BCUT2D eigenvalue weighted by Gasteiger charge is -2.33. The van der Waals surface area contributed by atoms with E-state index in [1.807, 2.05) is 0 Å². The van der Waals surface area contributed by atoms with Gasteiger partial charge in [-0.1, -0.05) is 33.3 Å². The molecule has 0 saturated carbocycles. The topological polar surface area (TPSA) is 83.8 Å². The monoisotopic (exact) mass is 264 g/mol. The Labute approximate surface area is 102 Å². The molecule has 0 aliphatic rings. The Morgan fingerprint density at radius 1 is 1.29 bits per heavy atom. The van der Waals surface area contributed by atoms with Crippen LogP contribution in [0.5, 0.6) is 0 Å². The molecule has 0 bridgehead atoms. The zero-order chi connectivity index (χ0) is 13.7. The Bertz CT molecular complexity index is 325. The molecule has 0 radical (unpaired) electrons. The van der Waals surface area contributed by atoms with Crippen LogP contribution < -0.4 is 0 Å². The van der Waals surface area contributed by atoms with Crippen LogP contribution in [0.15, 0.2) is 12.2 Å². The number of rotatable bonds is 7. The van der Waals surface area contributed by atoms with Crippen molar-refractivity contribution in [1.29, 1.82) is 0 Å². The van der Waals surface area contributed by atoms with Crippen molar-refractivity contribution in [3.05, 3.63) is 12.2 Å². The standard InChI is InChI=1S/C11H21O5P/c1-5-7-11(8-6-2,17(13,14)15)16-10(12)9(3)4/h3,5-8H2,1-2,4H3,(H2,13,14,15). The molecule has 0 saturated heterocycles. The van der Waals surface area contributed by atoms with Crippen LogP contribution in [0, 0.1) is 0 Å². The molecule has 100 valence electrons. The van der Waals surface area contributed by atoms with Gasteiger partial charge in [-0.2, -0.15) is 0 Å². The highest BCUT2D eigenvalue weighted by Crippen LogP contribution is 2.56. The summed E-state index contributed by atoms with van der Waals surface area (Å²) in [5, 5.41) is -1.70. The van der Waals surface area contributed by atoms with Gasteiger partial charge in [-0.25, -0.2) is 4.79 Å². The fourth-order valence-corrected chi connectivity index (χ4v) is 2.85. The first-order valence-electron chi connectivity index (χ1n) is 5.64. The van der Waals surface area contributed by atoms with Crippen LogP contribution in [0.1, 0.15) is 46.5 Å². The SMILES string of the molecule is C=C(C)C(=O)OC(CCC)(CCC)P(=O)(O)O. The fraction of sp³-hybridized carbons (Fsp3) is 0.727. The van der Waals surface area contributed by atoms with E-state index in [1.165, 1.54) is 6.92 Å². The van der Waals surface area contributed by atoms with E-state index in [4.69, 9.17) is 4.74 Å². The largest absolute Gasteiger partial charge is 0.443 e. The zero-order valence-corrected chi connectivity index (χ0v) is 11.5. The lowest BCUT2D eigenvalue weighted by molar-refractivity contribution is -0.150. The number of esters is 1. The average molecular weight is 264 g/mol. The normalized spacial score (nSPS) is 12.3. The smallest absolute Gasteiger partial charge is 0.368 e. The van der Waals surface area contributed by atoms with Crippen molar-refractivity contribution in [3.63, 3.8) is 0 Å². The van der Waals surface area contributed by atoms with E-state index in [0.29, 0.717) is 12.8 Å². The second kappa shape index (κ2) is 6.34. The van der Waals surface area contributed by atoms with Crippen LogP contribution in [0.25, 0.3) is 0 Å². The van der Waals surface area contributed by atoms with Crippen molar-refractivity contribution >= 4 is 13.6 Å². The molecule has 0 aliphatic carbocycles. The molecule has 0 fully saturated rings. The van der Waals surface area contributed by atoms with Gasteiger partial charge in [-0.05, 0) is 19.8 Å². The molecule has 6 heteroatoms. The third kappa shape index (κ3) is 4.26. The summed E-state index contributed by atoms with van der Waals surface area (Å²) in [4.78, 5) is 30.3. The van der Waals surface area contributed by atoms with Gasteiger partial charge in [0.2, 0.25) is 5.34 Å². The molecule has 0 aliphatic heterocycles. The summed E-state index contributed by atoms with van der Waals surface area (Å²) in [7, 11) is -4.52. The van der Waals surface area contributed by atoms with Gasteiger partial charge in [0.25, 0.3) is 0 Å². The summed E-state index contributed by atoms with van der Waals surface area (Å²) >= 11 is 0. The van der Waals surface area contributed by atoms with Crippen molar-refractivity contribution in [3.8, 4) is 0 Å². The minimum atomic E-state index is -4.52. The highest BCUT2D eigenvalue weighted by Gasteiger charge is 2.49. The maximum Gasteiger partial charge on any atom is 0.368 e. The van der Waals surface area contributed by atoms with E-state index < -0.39 is 18.9 Å². The first-order chi connectivity index (χ1) is 7.70. The van der Waals surface area contributed by atoms with E-state index in [9.17, 15) is 19.1 Å². The first-order valence-corrected chi connectivity index (χ1v) is 7.26. The lowest BCUT2D eigenvalue weighted by atomic mass is 10.1. The summed E-state index contributed by atoms with van der Waals surface area (Å²) in [6.45, 7) is 8.44. The minimum Gasteiger partial charge on any atom is -0.443 e. The van der Waals surface area contributed by atoms with Crippen LogP contribution in [0.4, 0.5) is 0 Å². The molecule has 0 aromatic heterocycles. The van der Waals surface area contributed by atoms with Crippen molar-refractivity contribution in [1.82, 2.24) is 0 Å². The molecule has 0 heterocycles. The van der Waals surface area contributed by atoms with Gasteiger partial charge in [0.15, 0.2) is 0 Å². The molecule has 0 aromatic rings. The molecule has 0 spiro atoms. The van der Waals surface area contributed by atoms with Gasteiger partial charge in [0.1, 0.15) is 0 Å². The third-order valence-corrected chi connectivity index (χ3v) is 4.04. The summed E-state index contributed by atoms with van der Waals surface area (Å²) in [5.74, 6) is -0.754. The van der Waals surface area contributed by atoms with Crippen molar-refractivity contribution in [2.45, 2.75) is 51.8 Å². The molecular formula is C11H21O5P. The van der Waals surface area contributed by atoms with E-state index in [1.54, 1.807) is 13.8 Å². The second-order valence-electron chi connectivity index (χ2n) is 4.16. The zero-order valence-electron chi connectivity index (χ0n) is 10.6. The van der Waals surface area contributed by atoms with Crippen LogP contribution in [0.2, 0.25) is 0 Å². The number of ether oxygens (including phenoxy) is 1. The lowest BCUT2D eigenvalue weighted by Crippen LogP contribution is -2.35. The number of hydrogen-bond donors (Lipinski definition) is 2. The summed E-state index contributed by atoms with van der Waals surface area (Å²) in [6, 6.07) is 0.